The number of rotatable bonds is 8. The largest absolute Gasteiger partial charge is 0.456 e. The molecule has 3 aromatic heterocycles. The topological polar surface area (TPSA) is 19.6 Å². The van der Waals surface area contributed by atoms with Crippen LogP contribution in [-0.4, -0.2) is 0 Å². The average Bonchev–Trinajstić information content (AvgIpc) is 4.12. The monoisotopic (exact) mass is 866 g/mol. The fraction of sp³-hybridized carbons (Fsp3) is 0. The van der Waals surface area contributed by atoms with Crippen LogP contribution in [0, 0.1) is 0 Å². The van der Waals surface area contributed by atoms with E-state index in [1.165, 1.54) is 53.2 Å². The third-order valence-corrected chi connectivity index (χ3v) is 14.5. The van der Waals surface area contributed by atoms with Gasteiger partial charge in [-0.15, -0.1) is 22.7 Å². The lowest BCUT2D eigenvalue weighted by atomic mass is 9.99. The summed E-state index contributed by atoms with van der Waals surface area (Å²) in [6.45, 7) is 0. The molecule has 0 bridgehead atoms. The molecule has 0 saturated carbocycles. The summed E-state index contributed by atoms with van der Waals surface area (Å²) in [5.41, 5.74) is 13.2. The smallest absolute Gasteiger partial charge is 0.136 e. The van der Waals surface area contributed by atoms with Gasteiger partial charge < -0.3 is 14.2 Å². The van der Waals surface area contributed by atoms with E-state index in [1.807, 2.05) is 0 Å². The third kappa shape index (κ3) is 6.55. The van der Waals surface area contributed by atoms with E-state index in [1.54, 1.807) is 22.7 Å². The lowest BCUT2D eigenvalue weighted by Gasteiger charge is -2.28. The highest BCUT2D eigenvalue weighted by atomic mass is 32.1. The van der Waals surface area contributed by atoms with Gasteiger partial charge in [0.1, 0.15) is 11.2 Å². The highest BCUT2D eigenvalue weighted by molar-refractivity contribution is 7.17. The van der Waals surface area contributed by atoms with Crippen molar-refractivity contribution in [1.82, 2.24) is 0 Å². The Balaban J connectivity index is 0.944. The van der Waals surface area contributed by atoms with Gasteiger partial charge in [-0.3, -0.25) is 0 Å². The molecule has 5 heteroatoms. The standard InChI is InChI=1S/C60H38N2OS2/c1-5-13-39(14-6-1)51-33-43-25-27-64-59(43)37-55(51)61(47-17-9-3-10-18-47)49-23-21-41-31-53-54-32-42-22-24-50(30-46(42)36-58(54)63-57(53)35-45(41)29-49)62(48-19-11-4-12-20-48)56-38-60-44(26-28-65-60)34-52(56)40-15-7-2-8-16-40/h1-38H. The zero-order valence-electron chi connectivity index (χ0n) is 35.1. The molecule has 0 unspecified atom stereocenters. The molecule has 0 N–H and O–H groups in total. The van der Waals surface area contributed by atoms with Gasteiger partial charge in [0.05, 0.1) is 11.4 Å². The molecule has 65 heavy (non-hydrogen) atoms. The van der Waals surface area contributed by atoms with Crippen LogP contribution in [0.3, 0.4) is 0 Å². The number of benzene rings is 10. The van der Waals surface area contributed by atoms with Crippen LogP contribution in [0.25, 0.3) is 85.9 Å². The van der Waals surface area contributed by atoms with Crippen LogP contribution in [0.15, 0.2) is 234 Å². The maximum Gasteiger partial charge on any atom is 0.136 e. The van der Waals surface area contributed by atoms with Gasteiger partial charge in [0.2, 0.25) is 0 Å². The molecule has 0 spiro atoms. The second-order valence-corrected chi connectivity index (χ2v) is 18.5. The number of para-hydroxylation sites is 2. The van der Waals surface area contributed by atoms with Gasteiger partial charge >= 0.3 is 0 Å². The van der Waals surface area contributed by atoms with Gasteiger partial charge in [0.15, 0.2) is 0 Å². The molecule has 0 saturated heterocycles. The highest BCUT2D eigenvalue weighted by Crippen LogP contribution is 2.47. The fourth-order valence-corrected chi connectivity index (χ4v) is 11.2. The minimum atomic E-state index is 0.874. The number of hydrogen-bond donors (Lipinski definition) is 0. The van der Waals surface area contributed by atoms with Crippen LogP contribution in [0.2, 0.25) is 0 Å². The Labute approximate surface area is 383 Å². The normalized spacial score (nSPS) is 11.7. The molecule has 0 amide bonds. The first-order chi connectivity index (χ1) is 32.2. The molecule has 0 atom stereocenters. The Morgan fingerprint density at radius 3 is 1.15 bits per heavy atom. The van der Waals surface area contributed by atoms with Crippen LogP contribution in [0.1, 0.15) is 0 Å². The fourth-order valence-electron chi connectivity index (χ4n) is 9.59. The summed E-state index contributed by atoms with van der Waals surface area (Å²) in [6.07, 6.45) is 0. The van der Waals surface area contributed by atoms with Crippen LogP contribution in [-0.2, 0) is 0 Å². The van der Waals surface area contributed by atoms with Crippen molar-refractivity contribution in [3.05, 3.63) is 229 Å². The van der Waals surface area contributed by atoms with E-state index in [-0.39, 0.29) is 0 Å². The zero-order chi connectivity index (χ0) is 42.8. The number of furan rings is 1. The molecule has 0 aliphatic heterocycles. The van der Waals surface area contributed by atoms with Crippen molar-refractivity contribution in [2.45, 2.75) is 0 Å². The molecule has 3 nitrogen and oxygen atoms in total. The van der Waals surface area contributed by atoms with E-state index >= 15 is 0 Å². The molecule has 0 aliphatic carbocycles. The Morgan fingerprint density at radius 2 is 0.723 bits per heavy atom. The predicted molar refractivity (Wildman–Crippen MR) is 280 cm³/mol. The summed E-state index contributed by atoms with van der Waals surface area (Å²) in [4.78, 5) is 4.79. The van der Waals surface area contributed by atoms with E-state index in [9.17, 15) is 0 Å². The first kappa shape index (κ1) is 37.6. The summed E-state index contributed by atoms with van der Waals surface area (Å²) in [5, 5.41) is 13.7. The minimum Gasteiger partial charge on any atom is -0.456 e. The van der Waals surface area contributed by atoms with Crippen LogP contribution in [0.5, 0.6) is 0 Å². The van der Waals surface area contributed by atoms with Crippen LogP contribution >= 0.6 is 22.7 Å². The Morgan fingerprint density at radius 1 is 0.308 bits per heavy atom. The molecular formula is C60H38N2OS2. The van der Waals surface area contributed by atoms with Crippen molar-refractivity contribution in [2.75, 3.05) is 9.80 Å². The zero-order valence-corrected chi connectivity index (χ0v) is 36.7. The van der Waals surface area contributed by atoms with E-state index in [0.29, 0.717) is 0 Å². The number of hydrogen-bond acceptors (Lipinski definition) is 5. The van der Waals surface area contributed by atoms with Crippen molar-refractivity contribution in [2.24, 2.45) is 0 Å². The minimum absolute atomic E-state index is 0.874. The third-order valence-electron chi connectivity index (χ3n) is 12.7. The second kappa shape index (κ2) is 15.4. The second-order valence-electron chi connectivity index (χ2n) is 16.6. The Kier molecular flexibility index (Phi) is 8.90. The van der Waals surface area contributed by atoms with Crippen LogP contribution in [0.4, 0.5) is 34.1 Å². The van der Waals surface area contributed by atoms with Crippen LogP contribution < -0.4 is 9.80 Å². The molecule has 13 rings (SSSR count). The molecule has 10 aromatic carbocycles. The summed E-state index contributed by atoms with van der Waals surface area (Å²) >= 11 is 3.56. The maximum absolute atomic E-state index is 6.82. The Bertz CT molecular complexity index is 3640. The van der Waals surface area contributed by atoms with Gasteiger partial charge in [-0.2, -0.15) is 0 Å². The SMILES string of the molecule is c1ccc(-c2cc3ccsc3cc2N(c2ccccc2)c2ccc3cc4c(cc3c2)oc2cc3cc(N(c5ccccc5)c5cc6sccc6cc5-c5ccccc5)ccc3cc24)cc1. The number of fused-ring (bicyclic) bond motifs is 7. The number of nitrogens with zero attached hydrogens (tertiary/aromatic N) is 2. The van der Waals surface area contributed by atoms with Gasteiger partial charge in [0, 0.05) is 54.0 Å². The summed E-state index contributed by atoms with van der Waals surface area (Å²) < 4.78 is 9.33. The van der Waals surface area contributed by atoms with Crippen molar-refractivity contribution in [1.29, 1.82) is 0 Å². The molecule has 13 aromatic rings. The van der Waals surface area contributed by atoms with Gasteiger partial charge in [-0.05, 0) is 163 Å². The Hall–Kier alpha value is -7.96. The first-order valence-corrected chi connectivity index (χ1v) is 23.6. The molecular weight excluding hydrogens is 829 g/mol. The van der Waals surface area contributed by atoms with Gasteiger partial charge in [-0.1, -0.05) is 109 Å². The van der Waals surface area contributed by atoms with Crippen molar-refractivity contribution in [3.63, 3.8) is 0 Å². The lowest BCUT2D eigenvalue weighted by Crippen LogP contribution is -2.11. The van der Waals surface area contributed by atoms with Crippen molar-refractivity contribution >= 4 is 120 Å². The van der Waals surface area contributed by atoms with E-state index in [2.05, 4.69) is 239 Å². The maximum atomic E-state index is 6.82. The van der Waals surface area contributed by atoms with E-state index in [4.69, 9.17) is 4.42 Å². The number of thiophene rings is 2. The predicted octanol–water partition coefficient (Wildman–Crippen LogP) is 18.6. The molecule has 3 heterocycles. The van der Waals surface area contributed by atoms with E-state index in [0.717, 1.165) is 66.8 Å². The van der Waals surface area contributed by atoms with Crippen molar-refractivity contribution < 1.29 is 4.42 Å². The molecule has 0 aliphatic rings. The summed E-state index contributed by atoms with van der Waals surface area (Å²) in [7, 11) is 0. The average molecular weight is 867 g/mol. The first-order valence-electron chi connectivity index (χ1n) is 21.9. The quantitative estimate of drug-likeness (QED) is 0.152. The molecule has 0 radical (unpaired) electrons. The van der Waals surface area contributed by atoms with E-state index < -0.39 is 0 Å². The summed E-state index contributed by atoms with van der Waals surface area (Å²) in [5.74, 6) is 0. The van der Waals surface area contributed by atoms with Gasteiger partial charge in [-0.25, -0.2) is 0 Å². The number of anilines is 6. The van der Waals surface area contributed by atoms with Crippen molar-refractivity contribution in [3.8, 4) is 22.3 Å². The lowest BCUT2D eigenvalue weighted by molar-refractivity contribution is 0.670. The van der Waals surface area contributed by atoms with Gasteiger partial charge in [0.25, 0.3) is 0 Å². The highest BCUT2D eigenvalue weighted by Gasteiger charge is 2.22. The molecule has 0 fully saturated rings. The summed E-state index contributed by atoms with van der Waals surface area (Å²) in [6, 6.07) is 79.3. The molecule has 306 valence electrons.